The van der Waals surface area contributed by atoms with Crippen molar-refractivity contribution in [3.05, 3.63) is 83.9 Å². The number of carboxylic acids is 1. The minimum atomic E-state index is -3.26. The third kappa shape index (κ3) is 3.91. The molecule has 0 bridgehead atoms. The Labute approximate surface area is 189 Å². The first-order chi connectivity index (χ1) is 14.8. The molecule has 0 unspecified atom stereocenters. The molecule has 5 rings (SSSR count). The number of carbonyl (C=O) groups excluding carboxylic acids is 3. The van der Waals surface area contributed by atoms with Crippen LogP contribution in [-0.2, 0) is 14.6 Å². The van der Waals surface area contributed by atoms with E-state index in [2.05, 4.69) is 0 Å². The summed E-state index contributed by atoms with van der Waals surface area (Å²) in [4.78, 5) is 35.2. The minimum absolute atomic E-state index is 0.240. The Hall–Kier alpha value is -2.90. The van der Waals surface area contributed by atoms with Crippen LogP contribution in [0.2, 0.25) is 0 Å². The van der Waals surface area contributed by atoms with E-state index in [1.165, 1.54) is 12.1 Å². The third-order valence-corrected chi connectivity index (χ3v) is 12.7. The monoisotopic (exact) mass is 629 g/mol. The number of carbonyl (C=O) groups is 3. The molecule has 2 radical (unpaired) electrons. The van der Waals surface area contributed by atoms with Crippen LogP contribution in [0.15, 0.2) is 82.6 Å². The van der Waals surface area contributed by atoms with Gasteiger partial charge in [0.05, 0.1) is 23.6 Å². The molecule has 2 heterocycles. The summed E-state index contributed by atoms with van der Waals surface area (Å²) in [7, 11) is -3.26. The second kappa shape index (κ2) is 8.32. The van der Waals surface area contributed by atoms with E-state index in [1.807, 2.05) is 24.3 Å². The molecule has 2 aliphatic rings. The first-order valence-corrected chi connectivity index (χ1v) is 14.1. The van der Waals surface area contributed by atoms with Crippen LogP contribution < -0.4 is 11.6 Å². The van der Waals surface area contributed by atoms with Crippen molar-refractivity contribution in [3.63, 3.8) is 0 Å². The van der Waals surface area contributed by atoms with E-state index in [0.717, 1.165) is 6.54 Å². The summed E-state index contributed by atoms with van der Waals surface area (Å²) >= 11 is -1.05. The Kier molecular flexibility index (Phi) is 5.73. The van der Waals surface area contributed by atoms with Gasteiger partial charge < -0.3 is 9.90 Å². The number of amides is 2. The van der Waals surface area contributed by atoms with Gasteiger partial charge in [-0.25, -0.2) is 0 Å². The van der Waals surface area contributed by atoms with Gasteiger partial charge in [0.1, 0.15) is 0 Å². The molecule has 0 N–H and O–H groups in total. The molecule has 154 valence electrons. The zero-order valence-electron chi connectivity index (χ0n) is 15.9. The molecule has 0 spiro atoms. The van der Waals surface area contributed by atoms with Crippen molar-refractivity contribution in [3.8, 4) is 0 Å². The second-order valence-electron chi connectivity index (χ2n) is 6.66. The number of hydrogen-bond donors (Lipinski definition) is 0. The van der Waals surface area contributed by atoms with E-state index >= 15 is 0 Å². The van der Waals surface area contributed by atoms with Crippen LogP contribution in [0.4, 0.5) is 0 Å². The maximum atomic E-state index is 12.3. The van der Waals surface area contributed by atoms with Crippen molar-refractivity contribution in [1.82, 2.24) is 4.90 Å². The van der Waals surface area contributed by atoms with Gasteiger partial charge in [-0.3, -0.25) is 14.5 Å². The third-order valence-electron chi connectivity index (χ3n) is 4.72. The molecule has 9 heteroatoms. The van der Waals surface area contributed by atoms with Gasteiger partial charge in [0.25, 0.3) is 11.8 Å². The summed E-state index contributed by atoms with van der Waals surface area (Å²) < 4.78 is 26.8. The first kappa shape index (κ1) is 21.3. The molecular formula is C22H14BiNO6S. The number of rotatable bonds is 2. The summed E-state index contributed by atoms with van der Waals surface area (Å²) in [6, 6.07) is 21.0. The average molecular weight is 629 g/mol. The number of nitrogens with zero attached hydrogens (tertiary/aromatic N) is 1. The van der Waals surface area contributed by atoms with Crippen molar-refractivity contribution >= 4 is 57.4 Å². The fourth-order valence-electron chi connectivity index (χ4n) is 3.31. The molecular weight excluding hydrogens is 615 g/mol. The predicted molar refractivity (Wildman–Crippen MR) is 110 cm³/mol. The van der Waals surface area contributed by atoms with E-state index in [9.17, 15) is 27.9 Å². The number of benzene rings is 3. The topological polar surface area (TPSA) is 112 Å². The normalized spacial score (nSPS) is 15.3. The fourth-order valence-corrected chi connectivity index (χ4v) is 12.1. The van der Waals surface area contributed by atoms with E-state index in [0.29, 0.717) is 14.7 Å². The molecule has 2 amide bonds. The molecule has 3 aromatic rings. The zero-order chi connectivity index (χ0) is 22.2. The van der Waals surface area contributed by atoms with Crippen molar-refractivity contribution < 1.29 is 27.9 Å². The van der Waals surface area contributed by atoms with Crippen LogP contribution in [0.3, 0.4) is 0 Å². The standard InChI is InChI=1S/C12H8O2S.C10H7NO4.Bi/c13-15(14,11-7-3-1-4-8-11)12-9-5-2-6-10-12;12-8(13)5-11-9(14)6-3-1-2-4-7(6)10(11)15;/h1-7,9H;1-4H,5H2,(H,12,13);/q;;+1/p-1. The van der Waals surface area contributed by atoms with Gasteiger partial charge in [-0.15, -0.1) is 0 Å². The Morgan fingerprint density at radius 2 is 1.19 bits per heavy atom. The van der Waals surface area contributed by atoms with Crippen LogP contribution in [0.1, 0.15) is 20.7 Å². The van der Waals surface area contributed by atoms with Crippen molar-refractivity contribution in [2.75, 3.05) is 6.54 Å². The predicted octanol–water partition coefficient (Wildman–Crippen LogP) is -0.480. The van der Waals surface area contributed by atoms with E-state index in [1.54, 1.807) is 36.4 Å². The van der Waals surface area contributed by atoms with Crippen LogP contribution in [-0.4, -0.2) is 60.9 Å². The van der Waals surface area contributed by atoms with Crippen LogP contribution in [0.25, 0.3) is 0 Å². The van der Waals surface area contributed by atoms with E-state index < -0.39 is 57.4 Å². The van der Waals surface area contributed by atoms with Crippen molar-refractivity contribution in [1.29, 1.82) is 0 Å². The Morgan fingerprint density at radius 3 is 1.65 bits per heavy atom. The van der Waals surface area contributed by atoms with Crippen molar-refractivity contribution in [2.24, 2.45) is 0 Å². The van der Waals surface area contributed by atoms with Gasteiger partial charge >= 0.3 is 106 Å². The van der Waals surface area contributed by atoms with Crippen LogP contribution in [0.5, 0.6) is 0 Å². The van der Waals surface area contributed by atoms with Gasteiger partial charge in [0.15, 0.2) is 0 Å². The summed E-state index contributed by atoms with van der Waals surface area (Å²) in [5.41, 5.74) is 0.479. The molecule has 31 heavy (non-hydrogen) atoms. The Balaban J connectivity index is 0.000000150. The number of hydrogen-bond acceptors (Lipinski definition) is 6. The number of imide groups is 1. The maximum absolute atomic E-state index is 12.3. The van der Waals surface area contributed by atoms with Gasteiger partial charge in [-0.2, -0.15) is 0 Å². The summed E-state index contributed by atoms with van der Waals surface area (Å²) in [5.74, 6) is -2.62. The molecule has 0 fully saturated rings. The zero-order valence-corrected chi connectivity index (χ0v) is 20.2. The summed E-state index contributed by atoms with van der Waals surface area (Å²) in [6.07, 6.45) is 0. The van der Waals surface area contributed by atoms with Gasteiger partial charge in [-0.1, -0.05) is 12.1 Å². The van der Waals surface area contributed by atoms with Crippen molar-refractivity contribution in [2.45, 2.75) is 9.79 Å². The van der Waals surface area contributed by atoms with E-state index in [-0.39, 0.29) is 11.1 Å². The summed E-state index contributed by atoms with van der Waals surface area (Å²) in [6.45, 7) is -0.702. The average Bonchev–Trinajstić information content (AvgIpc) is 2.99. The molecule has 0 aromatic heterocycles. The fraction of sp³-hybridized carbons (Fsp3) is 0.0455. The number of aliphatic carboxylic acids is 1. The van der Waals surface area contributed by atoms with E-state index in [4.69, 9.17) is 0 Å². The first-order valence-electron chi connectivity index (χ1n) is 9.10. The quantitative estimate of drug-likeness (QED) is 0.219. The summed E-state index contributed by atoms with van der Waals surface area (Å²) in [5, 5.41) is 10.3. The Morgan fingerprint density at radius 1 is 0.774 bits per heavy atom. The number of carboxylic acid groups (broad SMARTS) is 1. The van der Waals surface area contributed by atoms with Gasteiger partial charge in [0, 0.05) is 0 Å². The number of sulfone groups is 1. The van der Waals surface area contributed by atoms with Crippen LogP contribution in [0, 0.1) is 0 Å². The molecule has 2 aliphatic heterocycles. The van der Waals surface area contributed by atoms with Crippen LogP contribution >= 0.6 is 0 Å². The van der Waals surface area contributed by atoms with Gasteiger partial charge in [0.2, 0.25) is 0 Å². The number of fused-ring (bicyclic) bond motifs is 3. The molecule has 0 saturated carbocycles. The Bertz CT molecular complexity index is 1250. The molecule has 0 aliphatic carbocycles. The SMILES string of the molecule is O=C([O-])CN1C(=O)c2ccccc2C1=O.O=S1(=O)c2cccc[c]2[Bi+][c]2ccccc21. The molecule has 0 atom stereocenters. The second-order valence-corrected chi connectivity index (χ2v) is 13.2. The molecule has 7 nitrogen and oxygen atoms in total. The molecule has 3 aromatic carbocycles. The molecule has 0 saturated heterocycles. The van der Waals surface area contributed by atoms with Gasteiger partial charge in [-0.05, 0) is 12.1 Å².